The number of hydrogen-bond donors (Lipinski definition) is 1. The van der Waals surface area contributed by atoms with Gasteiger partial charge in [0, 0.05) is 12.8 Å². The number of carbonyl (C=O) groups is 1. The van der Waals surface area contributed by atoms with Crippen LogP contribution in [0.2, 0.25) is 0 Å². The third-order valence-electron chi connectivity index (χ3n) is 4.72. The highest BCUT2D eigenvalue weighted by atomic mass is 19.4. The van der Waals surface area contributed by atoms with Crippen LogP contribution in [-0.4, -0.2) is 40.7 Å². The van der Waals surface area contributed by atoms with E-state index in [2.05, 4.69) is 10.1 Å². The van der Waals surface area contributed by atoms with E-state index in [0.29, 0.717) is 30.4 Å². The predicted molar refractivity (Wildman–Crippen MR) is 105 cm³/mol. The van der Waals surface area contributed by atoms with Crippen LogP contribution >= 0.6 is 0 Å². The summed E-state index contributed by atoms with van der Waals surface area (Å²) < 4.78 is 52.2. The van der Waals surface area contributed by atoms with Crippen molar-refractivity contribution >= 4 is 17.8 Å². The van der Waals surface area contributed by atoms with E-state index in [1.54, 1.807) is 23.0 Å². The third-order valence-corrected chi connectivity index (χ3v) is 4.72. The molecule has 6 nitrogen and oxygen atoms in total. The molecular weight excluding hydrogens is 402 g/mol. The fourth-order valence-electron chi connectivity index (χ4n) is 3.25. The minimum Gasteiger partial charge on any atom is -0.395 e. The number of rotatable bonds is 5. The molecule has 0 bridgehead atoms. The van der Waals surface area contributed by atoms with Gasteiger partial charge in [-0.2, -0.15) is 18.3 Å². The molecule has 0 spiro atoms. The van der Waals surface area contributed by atoms with E-state index in [0.717, 1.165) is 11.9 Å². The second kappa shape index (κ2) is 8.29. The first-order chi connectivity index (χ1) is 14.1. The smallest absolute Gasteiger partial charge is 0.395 e. The van der Waals surface area contributed by atoms with E-state index in [-0.39, 0.29) is 17.6 Å². The van der Waals surface area contributed by atoms with E-state index < -0.39 is 17.9 Å². The number of nitrogens with zero attached hydrogens (tertiary/aromatic N) is 4. The van der Waals surface area contributed by atoms with Gasteiger partial charge in [0.2, 0.25) is 0 Å². The number of nitrogens with two attached hydrogens (primary N) is 1. The number of halogens is 4. The van der Waals surface area contributed by atoms with E-state index in [4.69, 9.17) is 5.73 Å². The highest BCUT2D eigenvalue weighted by molar-refractivity contribution is 6.00. The number of allylic oxidation sites excluding steroid dienone is 2. The third kappa shape index (κ3) is 4.37. The minimum atomic E-state index is -4.64. The zero-order valence-electron chi connectivity index (χ0n) is 16.4. The van der Waals surface area contributed by atoms with Crippen molar-refractivity contribution in [2.24, 2.45) is 10.7 Å². The average Bonchev–Trinajstić information content (AvgIpc) is 3.25. The van der Waals surface area contributed by atoms with Crippen LogP contribution in [0, 0.1) is 5.82 Å². The molecule has 1 fully saturated rings. The molecule has 1 aromatic heterocycles. The maximum absolute atomic E-state index is 13.3. The van der Waals surface area contributed by atoms with E-state index in [9.17, 15) is 22.4 Å². The lowest BCUT2D eigenvalue weighted by Crippen LogP contribution is -2.29. The molecule has 160 valence electrons. The molecule has 1 aromatic carbocycles. The average molecular weight is 423 g/mol. The van der Waals surface area contributed by atoms with Crippen LogP contribution in [0.5, 0.6) is 0 Å². The van der Waals surface area contributed by atoms with Gasteiger partial charge in [-0.3, -0.25) is 9.79 Å². The first-order valence-corrected chi connectivity index (χ1v) is 9.31. The van der Waals surface area contributed by atoms with Crippen LogP contribution in [0.1, 0.15) is 31.9 Å². The summed E-state index contributed by atoms with van der Waals surface area (Å²) in [7, 11) is 0. The summed E-state index contributed by atoms with van der Waals surface area (Å²) in [5.74, 6) is -0.698. The first kappa shape index (κ1) is 21.5. The maximum Gasteiger partial charge on any atom is 0.430 e. The molecule has 2 N–H and O–H groups in total. The molecular formula is C20H21F4N5O. The van der Waals surface area contributed by atoms with Crippen molar-refractivity contribution < 1.29 is 22.4 Å². The van der Waals surface area contributed by atoms with Crippen LogP contribution in [0.3, 0.4) is 0 Å². The Bertz CT molecular complexity index is 976. The van der Waals surface area contributed by atoms with Crippen LogP contribution < -0.4 is 10.6 Å². The van der Waals surface area contributed by atoms with Crippen molar-refractivity contribution in [2.45, 2.75) is 38.4 Å². The fraction of sp³-hybridized carbons (Fsp3) is 0.350. The lowest BCUT2D eigenvalue weighted by atomic mass is 10.1. The van der Waals surface area contributed by atoms with Crippen LogP contribution in [0.15, 0.2) is 47.2 Å². The van der Waals surface area contributed by atoms with Crippen LogP contribution in [0.25, 0.3) is 5.69 Å². The van der Waals surface area contributed by atoms with Gasteiger partial charge >= 0.3 is 6.18 Å². The molecule has 1 unspecified atom stereocenters. The highest BCUT2D eigenvalue weighted by Crippen LogP contribution is 2.33. The normalized spacial score (nSPS) is 18.2. The molecule has 0 saturated carbocycles. The molecule has 1 saturated heterocycles. The topological polar surface area (TPSA) is 76.5 Å². The minimum absolute atomic E-state index is 0.00239. The van der Waals surface area contributed by atoms with Crippen molar-refractivity contribution in [1.29, 1.82) is 0 Å². The van der Waals surface area contributed by atoms with Crippen molar-refractivity contribution in [2.75, 3.05) is 11.4 Å². The molecule has 0 radical (unpaired) electrons. The summed E-state index contributed by atoms with van der Waals surface area (Å²) in [6.45, 7) is 4.25. The zero-order chi connectivity index (χ0) is 22.1. The summed E-state index contributed by atoms with van der Waals surface area (Å²) in [5.41, 5.74) is 5.66. The molecule has 2 aromatic rings. The van der Waals surface area contributed by atoms with Crippen LogP contribution in [-0.2, 0) is 4.79 Å². The molecule has 1 amide bonds. The first-order valence-electron chi connectivity index (χ1n) is 9.31. The van der Waals surface area contributed by atoms with Gasteiger partial charge < -0.3 is 10.6 Å². The quantitative estimate of drug-likeness (QED) is 0.588. The van der Waals surface area contributed by atoms with Gasteiger partial charge in [-0.1, -0.05) is 13.8 Å². The number of alkyl halides is 3. The van der Waals surface area contributed by atoms with E-state index in [1.807, 2.05) is 13.8 Å². The zero-order valence-corrected chi connectivity index (χ0v) is 16.4. The Hall–Kier alpha value is -3.17. The molecule has 3 rings (SSSR count). The van der Waals surface area contributed by atoms with Crippen molar-refractivity contribution in [3.05, 3.63) is 53.7 Å². The lowest BCUT2D eigenvalue weighted by Gasteiger charge is -2.19. The lowest BCUT2D eigenvalue weighted by molar-refractivity contribution is -0.118. The summed E-state index contributed by atoms with van der Waals surface area (Å²) in [6.07, 6.45) is -1.17. The fourth-order valence-corrected chi connectivity index (χ4v) is 3.25. The second-order valence-corrected chi connectivity index (χ2v) is 7.17. The van der Waals surface area contributed by atoms with Crippen molar-refractivity contribution in [1.82, 2.24) is 9.78 Å². The number of benzene rings is 1. The Labute approximate surface area is 170 Å². The molecule has 0 aliphatic carbocycles. The van der Waals surface area contributed by atoms with Gasteiger partial charge in [0.05, 0.1) is 23.3 Å². The van der Waals surface area contributed by atoms with Gasteiger partial charge in [-0.05, 0) is 42.7 Å². The summed E-state index contributed by atoms with van der Waals surface area (Å²) in [4.78, 5) is 18.3. The number of aliphatic imine (C=N–C) groups is 1. The molecule has 30 heavy (non-hydrogen) atoms. The molecule has 1 aliphatic rings. The Morgan fingerprint density at radius 3 is 2.57 bits per heavy atom. The SMILES string of the molecule is CC(C)c1c(N2CCC(N=CC=C(N)C(F)(F)F)C2=O)cnn1-c1ccc(F)cc1. The molecule has 2 heterocycles. The Kier molecular flexibility index (Phi) is 5.95. The number of hydrogen-bond acceptors (Lipinski definition) is 4. The van der Waals surface area contributed by atoms with Gasteiger partial charge in [0.15, 0.2) is 0 Å². The molecule has 1 atom stereocenters. The van der Waals surface area contributed by atoms with Crippen LogP contribution in [0.4, 0.5) is 23.2 Å². The number of anilines is 1. The Morgan fingerprint density at radius 1 is 1.30 bits per heavy atom. The summed E-state index contributed by atoms with van der Waals surface area (Å²) in [6, 6.07) is 5.04. The maximum atomic E-state index is 13.3. The van der Waals surface area contributed by atoms with Crippen molar-refractivity contribution in [3.63, 3.8) is 0 Å². The van der Waals surface area contributed by atoms with Gasteiger partial charge in [-0.25, -0.2) is 9.07 Å². The van der Waals surface area contributed by atoms with Crippen molar-refractivity contribution in [3.8, 4) is 5.69 Å². The summed E-state index contributed by atoms with van der Waals surface area (Å²) in [5, 5.41) is 4.36. The largest absolute Gasteiger partial charge is 0.430 e. The van der Waals surface area contributed by atoms with E-state index >= 15 is 0 Å². The van der Waals surface area contributed by atoms with Gasteiger partial charge in [-0.15, -0.1) is 0 Å². The number of carbonyl (C=O) groups excluding carboxylic acids is 1. The molecule has 1 aliphatic heterocycles. The standard InChI is InChI=1S/C20H21F4N5O/c1-12(2)18-16(11-27-29(18)14-5-3-13(21)4-6-14)28-10-8-15(19(28)30)26-9-7-17(25)20(22,23)24/h3-7,9,11-12,15H,8,10,25H2,1-2H3. The Balaban J connectivity index is 1.85. The highest BCUT2D eigenvalue weighted by Gasteiger charge is 2.35. The Morgan fingerprint density at radius 2 is 1.97 bits per heavy atom. The predicted octanol–water partition coefficient (Wildman–Crippen LogP) is 3.72. The van der Waals surface area contributed by atoms with E-state index in [1.165, 1.54) is 17.0 Å². The monoisotopic (exact) mass is 423 g/mol. The second-order valence-electron chi connectivity index (χ2n) is 7.17. The van der Waals surface area contributed by atoms with Gasteiger partial charge in [0.25, 0.3) is 5.91 Å². The molecule has 10 heteroatoms. The summed E-state index contributed by atoms with van der Waals surface area (Å²) >= 11 is 0. The van der Waals surface area contributed by atoms with Gasteiger partial charge in [0.1, 0.15) is 17.6 Å². The number of aromatic nitrogens is 2. The number of amides is 1.